The number of hydrazine groups is 1. The van der Waals surface area contributed by atoms with Crippen molar-refractivity contribution in [1.29, 1.82) is 0 Å². The van der Waals surface area contributed by atoms with Gasteiger partial charge in [-0.25, -0.2) is 10.0 Å². The molecule has 4 aliphatic rings. The SMILES string of the molecule is CN1C(=O)[C@@H]2[C@@H](C1=O)N1[C@@H](c3ccco3)[C@@H]3C(=O)N(C)C(=O)[C@@H]3N1[C@@H]2c1ccco1. The van der Waals surface area contributed by atoms with E-state index in [1.807, 2.05) is 0 Å². The minimum Gasteiger partial charge on any atom is -0.468 e. The maximum atomic E-state index is 13.1. The number of amides is 4. The van der Waals surface area contributed by atoms with Gasteiger partial charge in [-0.1, -0.05) is 0 Å². The Hall–Kier alpha value is -3.24. The van der Waals surface area contributed by atoms with Crippen LogP contribution in [0.2, 0.25) is 0 Å². The van der Waals surface area contributed by atoms with Crippen LogP contribution >= 0.6 is 0 Å². The average molecular weight is 410 g/mol. The number of likely N-dealkylation sites (tertiary alicyclic amines) is 2. The van der Waals surface area contributed by atoms with Crippen LogP contribution in [-0.2, 0) is 19.2 Å². The van der Waals surface area contributed by atoms with E-state index >= 15 is 0 Å². The Morgan fingerprint density at radius 3 is 1.37 bits per heavy atom. The molecular weight excluding hydrogens is 392 g/mol. The van der Waals surface area contributed by atoms with Crippen molar-refractivity contribution in [2.75, 3.05) is 14.1 Å². The van der Waals surface area contributed by atoms with Crippen molar-refractivity contribution in [1.82, 2.24) is 19.8 Å². The second-order valence-corrected chi connectivity index (χ2v) is 8.09. The molecule has 4 aliphatic heterocycles. The molecule has 0 bridgehead atoms. The largest absolute Gasteiger partial charge is 0.468 e. The maximum absolute atomic E-state index is 13.1. The Bertz CT molecular complexity index is 993. The van der Waals surface area contributed by atoms with E-state index in [0.717, 1.165) is 9.80 Å². The number of carbonyl (C=O) groups is 4. The Morgan fingerprint density at radius 2 is 1.03 bits per heavy atom. The summed E-state index contributed by atoms with van der Waals surface area (Å²) in [6.45, 7) is 0. The van der Waals surface area contributed by atoms with Crippen molar-refractivity contribution in [2.45, 2.75) is 24.2 Å². The molecule has 10 nitrogen and oxygen atoms in total. The van der Waals surface area contributed by atoms with Crippen molar-refractivity contribution in [3.8, 4) is 0 Å². The number of likely N-dealkylation sites (N-methyl/N-ethyl adjacent to an activating group) is 2. The number of hydrogen-bond donors (Lipinski definition) is 0. The van der Waals surface area contributed by atoms with Gasteiger partial charge in [0.1, 0.15) is 23.6 Å². The summed E-state index contributed by atoms with van der Waals surface area (Å²) in [6, 6.07) is 3.80. The van der Waals surface area contributed by atoms with Gasteiger partial charge in [0.25, 0.3) is 0 Å². The quantitative estimate of drug-likeness (QED) is 0.645. The summed E-state index contributed by atoms with van der Waals surface area (Å²) < 4.78 is 11.3. The predicted molar refractivity (Wildman–Crippen MR) is 96.7 cm³/mol. The van der Waals surface area contributed by atoms with Crippen LogP contribution in [0, 0.1) is 11.8 Å². The van der Waals surface area contributed by atoms with Crippen LogP contribution in [0.4, 0.5) is 0 Å². The van der Waals surface area contributed by atoms with Crippen LogP contribution in [0.3, 0.4) is 0 Å². The monoisotopic (exact) mass is 410 g/mol. The molecule has 0 unspecified atom stereocenters. The van der Waals surface area contributed by atoms with E-state index < -0.39 is 36.0 Å². The van der Waals surface area contributed by atoms with Crippen LogP contribution in [0.15, 0.2) is 45.6 Å². The first-order valence-electron chi connectivity index (χ1n) is 9.69. The topological polar surface area (TPSA) is 108 Å². The highest BCUT2D eigenvalue weighted by Gasteiger charge is 2.73. The van der Waals surface area contributed by atoms with Gasteiger partial charge in [-0.2, -0.15) is 0 Å². The summed E-state index contributed by atoms with van der Waals surface area (Å²) in [6.07, 6.45) is 2.98. The van der Waals surface area contributed by atoms with Crippen molar-refractivity contribution in [3.05, 3.63) is 48.3 Å². The molecule has 0 spiro atoms. The van der Waals surface area contributed by atoms with E-state index in [0.29, 0.717) is 11.5 Å². The second kappa shape index (κ2) is 5.67. The van der Waals surface area contributed by atoms with E-state index in [-0.39, 0.29) is 23.6 Å². The molecule has 0 aliphatic carbocycles. The molecule has 6 heterocycles. The smallest absolute Gasteiger partial charge is 0.248 e. The summed E-state index contributed by atoms with van der Waals surface area (Å²) in [5.74, 6) is -1.96. The van der Waals surface area contributed by atoms with Gasteiger partial charge in [0, 0.05) is 14.1 Å². The summed E-state index contributed by atoms with van der Waals surface area (Å²) in [5.41, 5.74) is 0. The molecule has 6 rings (SSSR count). The van der Waals surface area contributed by atoms with Gasteiger partial charge >= 0.3 is 0 Å². The van der Waals surface area contributed by atoms with Crippen LogP contribution < -0.4 is 0 Å². The van der Waals surface area contributed by atoms with Gasteiger partial charge in [-0.15, -0.1) is 0 Å². The van der Waals surface area contributed by atoms with Gasteiger partial charge in [-0.3, -0.25) is 29.0 Å². The van der Waals surface area contributed by atoms with Crippen LogP contribution in [0.25, 0.3) is 0 Å². The Morgan fingerprint density at radius 1 is 0.633 bits per heavy atom. The predicted octanol–water partition coefficient (Wildman–Crippen LogP) is 0.168. The van der Waals surface area contributed by atoms with Gasteiger partial charge in [-0.05, 0) is 24.3 Å². The Balaban J connectivity index is 1.59. The molecule has 0 N–H and O–H groups in total. The van der Waals surface area contributed by atoms with Crippen molar-refractivity contribution in [3.63, 3.8) is 0 Å². The number of fused-ring (bicyclic) bond motifs is 5. The van der Waals surface area contributed by atoms with Crippen LogP contribution in [0.1, 0.15) is 23.6 Å². The number of nitrogens with zero attached hydrogens (tertiary/aromatic N) is 4. The van der Waals surface area contributed by atoms with Gasteiger partial charge in [0.05, 0.1) is 36.4 Å². The second-order valence-electron chi connectivity index (χ2n) is 8.09. The van der Waals surface area contributed by atoms with Crippen molar-refractivity contribution >= 4 is 23.6 Å². The van der Waals surface area contributed by atoms with E-state index in [4.69, 9.17) is 8.83 Å². The minimum absolute atomic E-state index is 0.333. The third-order valence-corrected chi connectivity index (χ3v) is 6.84. The fourth-order valence-electron chi connectivity index (χ4n) is 5.59. The van der Waals surface area contributed by atoms with Gasteiger partial charge in [0.15, 0.2) is 0 Å². The fraction of sp³-hybridized carbons (Fsp3) is 0.400. The number of carbonyl (C=O) groups excluding carboxylic acids is 4. The van der Waals surface area contributed by atoms with Crippen molar-refractivity contribution < 1.29 is 28.0 Å². The zero-order valence-electron chi connectivity index (χ0n) is 16.2. The zero-order chi connectivity index (χ0) is 20.9. The zero-order valence-corrected chi connectivity index (χ0v) is 16.2. The lowest BCUT2D eigenvalue weighted by atomic mass is 9.87. The summed E-state index contributed by atoms with van der Waals surface area (Å²) in [7, 11) is 2.91. The molecule has 0 aromatic carbocycles. The molecule has 4 fully saturated rings. The number of imide groups is 2. The number of furan rings is 2. The summed E-state index contributed by atoms with van der Waals surface area (Å²) in [5, 5.41) is 3.44. The molecule has 10 heteroatoms. The molecule has 2 aromatic rings. The molecule has 6 atom stereocenters. The number of rotatable bonds is 2. The first kappa shape index (κ1) is 17.6. The van der Waals surface area contributed by atoms with Crippen molar-refractivity contribution in [2.24, 2.45) is 11.8 Å². The van der Waals surface area contributed by atoms with E-state index in [1.54, 1.807) is 34.3 Å². The highest BCUT2D eigenvalue weighted by atomic mass is 16.3. The maximum Gasteiger partial charge on any atom is 0.248 e. The average Bonchev–Trinajstić information content (AvgIpc) is 3.54. The Labute approximate surface area is 170 Å². The molecule has 2 aromatic heterocycles. The Kier molecular flexibility index (Phi) is 3.33. The normalized spacial score (nSPS) is 36.2. The molecule has 0 radical (unpaired) electrons. The molecule has 4 amide bonds. The van der Waals surface area contributed by atoms with Crippen LogP contribution in [-0.4, -0.2) is 69.6 Å². The highest BCUT2D eigenvalue weighted by molar-refractivity contribution is 6.10. The standard InChI is InChI=1S/C20H18N4O6/c1-21-17(25)11-13(9-5-3-7-29-9)24-16-12(18(26)22(2)20(16)28)14(10-6-4-8-30-10)23(24)15(11)19(21)27/h3-8,11-16H,1-2H3/t11-,12-,13-,14+,15+,16-/m0/s1. The van der Waals surface area contributed by atoms with Gasteiger partial charge < -0.3 is 8.83 Å². The minimum atomic E-state index is -0.843. The summed E-state index contributed by atoms with van der Waals surface area (Å²) >= 11 is 0. The first-order chi connectivity index (χ1) is 14.4. The van der Waals surface area contributed by atoms with Gasteiger partial charge in [0.2, 0.25) is 23.6 Å². The molecule has 154 valence electrons. The third-order valence-electron chi connectivity index (χ3n) is 6.84. The summed E-state index contributed by atoms with van der Waals surface area (Å²) in [4.78, 5) is 54.6. The van der Waals surface area contributed by atoms with Crippen LogP contribution in [0.5, 0.6) is 0 Å². The number of hydrogen-bond acceptors (Lipinski definition) is 8. The van der Waals surface area contributed by atoms with E-state index in [9.17, 15) is 19.2 Å². The first-order valence-corrected chi connectivity index (χ1v) is 9.69. The third kappa shape index (κ3) is 1.86. The molecular formula is C20H18N4O6. The lowest BCUT2D eigenvalue weighted by molar-refractivity contribution is -0.152. The highest BCUT2D eigenvalue weighted by Crippen LogP contribution is 2.58. The molecule has 0 saturated carbocycles. The van der Waals surface area contributed by atoms with E-state index in [1.165, 1.54) is 26.6 Å². The lowest BCUT2D eigenvalue weighted by Gasteiger charge is -2.33. The fourth-order valence-corrected chi connectivity index (χ4v) is 5.59. The molecule has 30 heavy (non-hydrogen) atoms. The molecule has 4 saturated heterocycles. The van der Waals surface area contributed by atoms with E-state index in [2.05, 4.69) is 0 Å². The lowest BCUT2D eigenvalue weighted by Crippen LogP contribution is -2.49.